The Morgan fingerprint density at radius 3 is 2.68 bits per heavy atom. The van der Waals surface area contributed by atoms with Crippen molar-refractivity contribution in [1.82, 2.24) is 19.9 Å². The van der Waals surface area contributed by atoms with Crippen molar-refractivity contribution in [3.63, 3.8) is 0 Å². The highest BCUT2D eigenvalue weighted by Crippen LogP contribution is 2.31. The highest BCUT2D eigenvalue weighted by atomic mass is 16.6. The first-order chi connectivity index (χ1) is 12.2. The van der Waals surface area contributed by atoms with E-state index < -0.39 is 6.10 Å². The number of rotatable bonds is 3. The van der Waals surface area contributed by atoms with Crippen molar-refractivity contribution in [2.45, 2.75) is 19.6 Å². The van der Waals surface area contributed by atoms with Gasteiger partial charge in [0.1, 0.15) is 6.61 Å². The lowest BCUT2D eigenvalue weighted by atomic mass is 10.2. The summed E-state index contributed by atoms with van der Waals surface area (Å²) >= 11 is 0. The van der Waals surface area contributed by atoms with E-state index in [0.29, 0.717) is 42.8 Å². The zero-order valence-corrected chi connectivity index (χ0v) is 14.1. The van der Waals surface area contributed by atoms with Gasteiger partial charge in [-0.2, -0.15) is 4.98 Å². The molecule has 1 saturated heterocycles. The molecule has 1 atom stereocenters. The van der Waals surface area contributed by atoms with Crippen molar-refractivity contribution < 1.29 is 18.8 Å². The van der Waals surface area contributed by atoms with Crippen molar-refractivity contribution in [2.24, 2.45) is 0 Å². The van der Waals surface area contributed by atoms with Gasteiger partial charge in [0.2, 0.25) is 12.0 Å². The molecule has 3 heterocycles. The molecule has 1 fully saturated rings. The monoisotopic (exact) mass is 344 g/mol. The van der Waals surface area contributed by atoms with Crippen molar-refractivity contribution >= 4 is 5.91 Å². The van der Waals surface area contributed by atoms with Crippen molar-refractivity contribution in [3.05, 3.63) is 36.0 Å². The molecule has 2 aromatic rings. The molecule has 25 heavy (non-hydrogen) atoms. The lowest BCUT2D eigenvalue weighted by Gasteiger charge is -2.36. The lowest BCUT2D eigenvalue weighted by molar-refractivity contribution is -0.143. The molecule has 0 radical (unpaired) electrons. The third-order valence-electron chi connectivity index (χ3n) is 4.40. The fourth-order valence-corrected chi connectivity index (χ4v) is 3.08. The van der Waals surface area contributed by atoms with Gasteiger partial charge in [0, 0.05) is 33.1 Å². The van der Waals surface area contributed by atoms with Gasteiger partial charge in [-0.3, -0.25) is 9.69 Å². The Morgan fingerprint density at radius 2 is 1.96 bits per heavy atom. The van der Waals surface area contributed by atoms with Crippen LogP contribution in [0.15, 0.2) is 28.8 Å². The van der Waals surface area contributed by atoms with Crippen LogP contribution in [-0.2, 0) is 11.3 Å². The molecule has 2 aliphatic heterocycles. The van der Waals surface area contributed by atoms with Crippen molar-refractivity contribution in [2.75, 3.05) is 32.8 Å². The van der Waals surface area contributed by atoms with E-state index in [1.807, 2.05) is 29.2 Å². The standard InChI is InChI=1S/C17H20N4O4/c1-12-18-16(19-25-12)10-20-6-8-21(9-7-20)17(22)15-11-23-13-4-2-3-5-14(13)24-15/h2-5,15H,6-11H2,1H3. The number of aryl methyl sites for hydroxylation is 1. The van der Waals surface area contributed by atoms with Gasteiger partial charge in [0.15, 0.2) is 17.3 Å². The van der Waals surface area contributed by atoms with Crippen LogP contribution in [0.5, 0.6) is 11.5 Å². The lowest BCUT2D eigenvalue weighted by Crippen LogP contribution is -2.53. The minimum absolute atomic E-state index is 0.0236. The van der Waals surface area contributed by atoms with Crippen LogP contribution in [-0.4, -0.2) is 64.7 Å². The number of ether oxygens (including phenoxy) is 2. The van der Waals surface area contributed by atoms with Crippen LogP contribution in [0.4, 0.5) is 0 Å². The number of carbonyl (C=O) groups is 1. The molecule has 0 bridgehead atoms. The predicted octanol–water partition coefficient (Wildman–Crippen LogP) is 0.862. The van der Waals surface area contributed by atoms with Gasteiger partial charge in [0.25, 0.3) is 5.91 Å². The molecule has 1 unspecified atom stereocenters. The fourth-order valence-electron chi connectivity index (χ4n) is 3.08. The Kier molecular flexibility index (Phi) is 4.27. The smallest absolute Gasteiger partial charge is 0.267 e. The van der Waals surface area contributed by atoms with E-state index in [0.717, 1.165) is 13.1 Å². The molecule has 132 valence electrons. The van der Waals surface area contributed by atoms with Gasteiger partial charge < -0.3 is 18.9 Å². The predicted molar refractivity (Wildman–Crippen MR) is 87.2 cm³/mol. The summed E-state index contributed by atoms with van der Waals surface area (Å²) in [6.07, 6.45) is -0.582. The van der Waals surface area contributed by atoms with Gasteiger partial charge in [-0.1, -0.05) is 17.3 Å². The summed E-state index contributed by atoms with van der Waals surface area (Å²) in [5.74, 6) is 2.53. The number of fused-ring (bicyclic) bond motifs is 1. The largest absolute Gasteiger partial charge is 0.485 e. The second-order valence-electron chi connectivity index (χ2n) is 6.20. The van der Waals surface area contributed by atoms with E-state index in [1.165, 1.54) is 0 Å². The molecule has 0 aliphatic carbocycles. The molecule has 0 N–H and O–H groups in total. The van der Waals surface area contributed by atoms with Crippen LogP contribution >= 0.6 is 0 Å². The Labute approximate surface area is 145 Å². The first-order valence-corrected chi connectivity index (χ1v) is 8.38. The minimum Gasteiger partial charge on any atom is -0.485 e. The number of hydrogen-bond donors (Lipinski definition) is 0. The van der Waals surface area contributed by atoms with Gasteiger partial charge in [0.05, 0.1) is 6.54 Å². The van der Waals surface area contributed by atoms with E-state index in [4.69, 9.17) is 14.0 Å². The molecular formula is C17H20N4O4. The van der Waals surface area contributed by atoms with Crippen LogP contribution in [0, 0.1) is 6.92 Å². The number of nitrogens with zero attached hydrogens (tertiary/aromatic N) is 4. The van der Waals surface area contributed by atoms with Gasteiger partial charge >= 0.3 is 0 Å². The molecule has 1 amide bonds. The maximum absolute atomic E-state index is 12.7. The molecule has 2 aliphatic rings. The normalized spacial score (nSPS) is 20.5. The number of benzene rings is 1. The first kappa shape index (κ1) is 15.9. The summed E-state index contributed by atoms with van der Waals surface area (Å²) in [6.45, 7) is 5.49. The van der Waals surface area contributed by atoms with Crippen LogP contribution in [0.3, 0.4) is 0 Å². The molecule has 8 heteroatoms. The van der Waals surface area contributed by atoms with Crippen LogP contribution in [0.1, 0.15) is 11.7 Å². The summed E-state index contributed by atoms with van der Waals surface area (Å²) in [6, 6.07) is 7.41. The molecule has 8 nitrogen and oxygen atoms in total. The number of piperazine rings is 1. The third-order valence-corrected chi connectivity index (χ3v) is 4.40. The highest BCUT2D eigenvalue weighted by molar-refractivity contribution is 5.82. The Bertz CT molecular complexity index is 755. The maximum atomic E-state index is 12.7. The molecule has 4 rings (SSSR count). The second kappa shape index (κ2) is 6.72. The zero-order valence-electron chi connectivity index (χ0n) is 14.1. The third kappa shape index (κ3) is 3.43. The second-order valence-corrected chi connectivity index (χ2v) is 6.20. The summed E-state index contributed by atoms with van der Waals surface area (Å²) in [5, 5.41) is 3.91. The average Bonchev–Trinajstić information content (AvgIpc) is 3.06. The summed E-state index contributed by atoms with van der Waals surface area (Å²) < 4.78 is 16.4. The highest BCUT2D eigenvalue weighted by Gasteiger charge is 2.32. The summed E-state index contributed by atoms with van der Waals surface area (Å²) in [4.78, 5) is 21.0. The number of carbonyl (C=O) groups excluding carboxylic acids is 1. The van der Waals surface area contributed by atoms with E-state index in [2.05, 4.69) is 15.0 Å². The quantitative estimate of drug-likeness (QED) is 0.817. The minimum atomic E-state index is -0.582. The topological polar surface area (TPSA) is 80.9 Å². The van der Waals surface area contributed by atoms with Crippen LogP contribution in [0.25, 0.3) is 0 Å². The van der Waals surface area contributed by atoms with Gasteiger partial charge in [-0.05, 0) is 12.1 Å². The zero-order chi connectivity index (χ0) is 17.2. The van der Waals surface area contributed by atoms with E-state index in [9.17, 15) is 4.79 Å². The Hall–Kier alpha value is -2.61. The van der Waals surface area contributed by atoms with E-state index in [-0.39, 0.29) is 12.5 Å². The van der Waals surface area contributed by atoms with Gasteiger partial charge in [-0.25, -0.2) is 0 Å². The molecular weight excluding hydrogens is 324 g/mol. The Balaban J connectivity index is 1.31. The van der Waals surface area contributed by atoms with E-state index in [1.54, 1.807) is 6.92 Å². The number of amides is 1. The fraction of sp³-hybridized carbons (Fsp3) is 0.471. The SMILES string of the molecule is Cc1nc(CN2CCN(C(=O)C3COc4ccccc4O3)CC2)no1. The Morgan fingerprint density at radius 1 is 1.20 bits per heavy atom. The van der Waals surface area contributed by atoms with Crippen LogP contribution in [0.2, 0.25) is 0 Å². The summed E-state index contributed by atoms with van der Waals surface area (Å²) in [5.41, 5.74) is 0. The molecule has 1 aromatic carbocycles. The maximum Gasteiger partial charge on any atom is 0.267 e. The average molecular weight is 344 g/mol. The van der Waals surface area contributed by atoms with Gasteiger partial charge in [-0.15, -0.1) is 0 Å². The molecule has 0 spiro atoms. The van der Waals surface area contributed by atoms with Crippen molar-refractivity contribution in [1.29, 1.82) is 0 Å². The summed E-state index contributed by atoms with van der Waals surface area (Å²) in [7, 11) is 0. The molecule has 0 saturated carbocycles. The van der Waals surface area contributed by atoms with Crippen LogP contribution < -0.4 is 9.47 Å². The number of para-hydroxylation sites is 2. The number of aromatic nitrogens is 2. The van der Waals surface area contributed by atoms with Crippen molar-refractivity contribution in [3.8, 4) is 11.5 Å². The number of hydrogen-bond acceptors (Lipinski definition) is 7. The van der Waals surface area contributed by atoms with E-state index >= 15 is 0 Å². The first-order valence-electron chi connectivity index (χ1n) is 8.38. The molecule has 1 aromatic heterocycles.